The number of amides is 2. The molecule has 0 saturated carbocycles. The predicted molar refractivity (Wildman–Crippen MR) is 136 cm³/mol. The lowest BCUT2D eigenvalue weighted by atomic mass is 9.86. The fourth-order valence-corrected chi connectivity index (χ4v) is 4.48. The Morgan fingerprint density at radius 1 is 1.03 bits per heavy atom. The Kier molecular flexibility index (Phi) is 7.91. The van der Waals surface area contributed by atoms with Crippen molar-refractivity contribution in [2.45, 2.75) is 66.0 Å². The first-order valence-corrected chi connectivity index (χ1v) is 12.2. The van der Waals surface area contributed by atoms with Crippen LogP contribution in [-0.2, 0) is 26.3 Å². The van der Waals surface area contributed by atoms with E-state index in [4.69, 9.17) is 4.74 Å². The van der Waals surface area contributed by atoms with Crippen molar-refractivity contribution >= 4 is 11.8 Å². The molecule has 0 fully saturated rings. The van der Waals surface area contributed by atoms with Gasteiger partial charge in [0.25, 0.3) is 0 Å². The molecular weight excluding hydrogens is 426 g/mol. The molecule has 186 valence electrons. The van der Waals surface area contributed by atoms with Crippen molar-refractivity contribution in [1.29, 1.82) is 0 Å². The molecule has 0 N–H and O–H groups in total. The van der Waals surface area contributed by atoms with E-state index in [-0.39, 0.29) is 35.2 Å². The maximum atomic E-state index is 13.7. The van der Waals surface area contributed by atoms with E-state index in [0.717, 1.165) is 17.8 Å². The Hall–Kier alpha value is -2.60. The van der Waals surface area contributed by atoms with Gasteiger partial charge >= 0.3 is 0 Å². The SMILES string of the molecule is COCCN(CC(=O)N1CCn2cccc2[C@H]1c1ccc(C(C)(C)C)cc1)C(=O)CC(C)(C)C. The Morgan fingerprint density at radius 3 is 2.29 bits per heavy atom. The third kappa shape index (κ3) is 6.29. The summed E-state index contributed by atoms with van der Waals surface area (Å²) in [5.41, 5.74) is 3.38. The smallest absolute Gasteiger partial charge is 0.243 e. The molecule has 1 aliphatic heterocycles. The minimum Gasteiger partial charge on any atom is -0.383 e. The molecule has 2 heterocycles. The van der Waals surface area contributed by atoms with Crippen molar-refractivity contribution in [3.05, 3.63) is 59.4 Å². The van der Waals surface area contributed by atoms with Crippen LogP contribution in [0.3, 0.4) is 0 Å². The van der Waals surface area contributed by atoms with Crippen LogP contribution in [0.25, 0.3) is 0 Å². The van der Waals surface area contributed by atoms with E-state index in [1.807, 2.05) is 31.7 Å². The molecule has 34 heavy (non-hydrogen) atoms. The van der Waals surface area contributed by atoms with Gasteiger partial charge in [-0.1, -0.05) is 65.8 Å². The van der Waals surface area contributed by atoms with Crippen molar-refractivity contribution in [1.82, 2.24) is 14.4 Å². The number of ether oxygens (including phenoxy) is 1. The van der Waals surface area contributed by atoms with E-state index < -0.39 is 0 Å². The summed E-state index contributed by atoms with van der Waals surface area (Å²) in [5.74, 6) is -0.0416. The molecule has 0 unspecified atom stereocenters. The number of carbonyl (C=O) groups excluding carboxylic acids is 2. The van der Waals surface area contributed by atoms with Crippen LogP contribution >= 0.6 is 0 Å². The first-order chi connectivity index (χ1) is 15.9. The van der Waals surface area contributed by atoms with Crippen molar-refractivity contribution in [2.75, 3.05) is 33.4 Å². The lowest BCUT2D eigenvalue weighted by Crippen LogP contribution is -2.49. The third-order valence-electron chi connectivity index (χ3n) is 6.38. The Balaban J connectivity index is 1.88. The van der Waals surface area contributed by atoms with Crippen LogP contribution in [-0.4, -0.2) is 59.5 Å². The van der Waals surface area contributed by atoms with Crippen LogP contribution in [0.2, 0.25) is 0 Å². The number of hydrogen-bond acceptors (Lipinski definition) is 3. The zero-order valence-electron chi connectivity index (χ0n) is 21.9. The van der Waals surface area contributed by atoms with Crippen LogP contribution in [0, 0.1) is 5.41 Å². The van der Waals surface area contributed by atoms with Gasteiger partial charge in [0.1, 0.15) is 0 Å². The second-order valence-electron chi connectivity index (χ2n) is 11.5. The van der Waals surface area contributed by atoms with Crippen LogP contribution in [0.15, 0.2) is 42.6 Å². The minimum absolute atomic E-state index is 0.00985. The van der Waals surface area contributed by atoms with E-state index in [2.05, 4.69) is 61.9 Å². The van der Waals surface area contributed by atoms with E-state index in [9.17, 15) is 9.59 Å². The largest absolute Gasteiger partial charge is 0.383 e. The molecule has 1 aliphatic rings. The number of hydrogen-bond donors (Lipinski definition) is 0. The summed E-state index contributed by atoms with van der Waals surface area (Å²) in [4.78, 5) is 30.3. The third-order valence-corrected chi connectivity index (χ3v) is 6.38. The summed E-state index contributed by atoms with van der Waals surface area (Å²) in [7, 11) is 1.62. The summed E-state index contributed by atoms with van der Waals surface area (Å²) >= 11 is 0. The number of carbonyl (C=O) groups is 2. The summed E-state index contributed by atoms with van der Waals surface area (Å²) in [6.07, 6.45) is 2.47. The highest BCUT2D eigenvalue weighted by molar-refractivity contribution is 5.85. The summed E-state index contributed by atoms with van der Waals surface area (Å²) < 4.78 is 7.44. The van der Waals surface area contributed by atoms with Crippen LogP contribution < -0.4 is 0 Å². The highest BCUT2D eigenvalue weighted by Gasteiger charge is 2.34. The summed E-state index contributed by atoms with van der Waals surface area (Å²) in [6.45, 7) is 15.0. The van der Waals surface area contributed by atoms with E-state index in [1.54, 1.807) is 12.0 Å². The van der Waals surface area contributed by atoms with Gasteiger partial charge in [-0.15, -0.1) is 0 Å². The molecule has 0 saturated heterocycles. The second kappa shape index (κ2) is 10.3. The van der Waals surface area contributed by atoms with E-state index in [0.29, 0.717) is 26.1 Å². The summed E-state index contributed by atoms with van der Waals surface area (Å²) in [6, 6.07) is 12.6. The van der Waals surface area contributed by atoms with Crippen molar-refractivity contribution < 1.29 is 14.3 Å². The molecule has 2 amide bonds. The van der Waals surface area contributed by atoms with Crippen LogP contribution in [0.1, 0.15) is 70.8 Å². The molecule has 0 aliphatic carbocycles. The van der Waals surface area contributed by atoms with Gasteiger partial charge in [0, 0.05) is 45.1 Å². The zero-order chi connectivity index (χ0) is 25.1. The first-order valence-electron chi connectivity index (χ1n) is 12.2. The topological polar surface area (TPSA) is 54.8 Å². The standard InChI is InChI=1S/C28H41N3O3/c1-27(2,3)19-24(32)30(17-18-34-7)20-25(33)31-16-15-29-14-8-9-23(29)26(31)21-10-12-22(13-11-21)28(4,5)6/h8-14,26H,15-20H2,1-7H3/t26-/m1/s1. The number of aromatic nitrogens is 1. The number of benzene rings is 1. The molecule has 1 atom stereocenters. The number of fused-ring (bicyclic) bond motifs is 1. The van der Waals surface area contributed by atoms with Crippen molar-refractivity contribution in [3.63, 3.8) is 0 Å². The van der Waals surface area contributed by atoms with Gasteiger partial charge in [0.15, 0.2) is 0 Å². The zero-order valence-corrected chi connectivity index (χ0v) is 21.9. The fourth-order valence-electron chi connectivity index (χ4n) is 4.48. The molecule has 1 aromatic carbocycles. The molecule has 2 aromatic rings. The fraction of sp³-hybridized carbons (Fsp3) is 0.571. The van der Waals surface area contributed by atoms with Crippen LogP contribution in [0.5, 0.6) is 0 Å². The predicted octanol–water partition coefficient (Wildman–Crippen LogP) is 4.63. The lowest BCUT2D eigenvalue weighted by molar-refractivity contribution is -0.143. The van der Waals surface area contributed by atoms with Crippen molar-refractivity contribution in [3.8, 4) is 0 Å². The number of nitrogens with zero attached hydrogens (tertiary/aromatic N) is 3. The van der Waals surface area contributed by atoms with Gasteiger partial charge in [-0.3, -0.25) is 9.59 Å². The molecule has 1 aromatic heterocycles. The Labute approximate surface area is 204 Å². The molecule has 0 spiro atoms. The monoisotopic (exact) mass is 467 g/mol. The molecule has 3 rings (SSSR count). The molecule has 6 heteroatoms. The van der Waals surface area contributed by atoms with Gasteiger partial charge in [-0.25, -0.2) is 0 Å². The van der Waals surface area contributed by atoms with Crippen LogP contribution in [0.4, 0.5) is 0 Å². The van der Waals surface area contributed by atoms with Gasteiger partial charge in [0.2, 0.25) is 11.8 Å². The summed E-state index contributed by atoms with van der Waals surface area (Å²) in [5, 5.41) is 0. The van der Waals surface area contributed by atoms with E-state index >= 15 is 0 Å². The van der Waals surface area contributed by atoms with Gasteiger partial charge in [-0.05, 0) is 34.1 Å². The van der Waals surface area contributed by atoms with Crippen molar-refractivity contribution in [2.24, 2.45) is 5.41 Å². The first kappa shape index (κ1) is 26.0. The second-order valence-corrected chi connectivity index (χ2v) is 11.5. The average Bonchev–Trinajstić information content (AvgIpc) is 3.23. The number of methoxy groups -OCH3 is 1. The van der Waals surface area contributed by atoms with Gasteiger partial charge in [0.05, 0.1) is 19.2 Å². The van der Waals surface area contributed by atoms with Gasteiger partial charge in [-0.2, -0.15) is 0 Å². The Bertz CT molecular complexity index is 980. The maximum absolute atomic E-state index is 13.7. The normalized spacial score (nSPS) is 16.3. The quantitative estimate of drug-likeness (QED) is 0.597. The average molecular weight is 468 g/mol. The van der Waals surface area contributed by atoms with E-state index in [1.165, 1.54) is 5.56 Å². The maximum Gasteiger partial charge on any atom is 0.243 e. The molecule has 6 nitrogen and oxygen atoms in total. The molecule has 0 radical (unpaired) electrons. The lowest BCUT2D eigenvalue weighted by Gasteiger charge is -2.39. The number of rotatable bonds is 7. The highest BCUT2D eigenvalue weighted by Crippen LogP contribution is 2.34. The minimum atomic E-state index is -0.174. The molecule has 0 bridgehead atoms. The van der Waals surface area contributed by atoms with Gasteiger partial charge < -0.3 is 19.1 Å². The highest BCUT2D eigenvalue weighted by atomic mass is 16.5. The Morgan fingerprint density at radius 2 is 1.71 bits per heavy atom. The molecular formula is C28H41N3O3.